The van der Waals surface area contributed by atoms with Crippen LogP contribution in [0.1, 0.15) is 55.3 Å². The van der Waals surface area contributed by atoms with Gasteiger partial charge in [0.15, 0.2) is 0 Å². The highest BCUT2D eigenvalue weighted by atomic mass is 16.5. The number of hydrogen-bond acceptors (Lipinski definition) is 7. The summed E-state index contributed by atoms with van der Waals surface area (Å²) in [5, 5.41) is 5.19. The molecule has 0 saturated carbocycles. The molecule has 3 aliphatic rings. The first-order chi connectivity index (χ1) is 18.8. The number of ether oxygens (including phenoxy) is 2. The first-order valence-electron chi connectivity index (χ1n) is 14.5. The minimum absolute atomic E-state index is 0.448. The lowest BCUT2D eigenvalue weighted by atomic mass is 9.91. The first-order valence-corrected chi connectivity index (χ1v) is 14.5. The smallest absolute Gasteiger partial charge is 0.125 e. The van der Waals surface area contributed by atoms with E-state index in [4.69, 9.17) is 14.5 Å². The Morgan fingerprint density at radius 1 is 0.974 bits per heavy atom. The summed E-state index contributed by atoms with van der Waals surface area (Å²) in [5.74, 6) is 0.895. The Kier molecular flexibility index (Phi) is 7.93. The average Bonchev–Trinajstić information content (AvgIpc) is 3.49. The van der Waals surface area contributed by atoms with Gasteiger partial charge in [0.05, 0.1) is 25.8 Å². The van der Waals surface area contributed by atoms with Crippen LogP contribution in [0.15, 0.2) is 36.7 Å². The zero-order chi connectivity index (χ0) is 25.7. The Balaban J connectivity index is 1.21. The van der Waals surface area contributed by atoms with Crippen molar-refractivity contribution in [2.75, 3.05) is 56.7 Å². The molecule has 7 heteroatoms. The summed E-state index contributed by atoms with van der Waals surface area (Å²) in [5.41, 5.74) is 7.38. The van der Waals surface area contributed by atoms with Crippen molar-refractivity contribution in [3.63, 3.8) is 0 Å². The number of rotatable bonds is 9. The molecule has 0 atom stereocenters. The number of methoxy groups -OCH3 is 1. The summed E-state index contributed by atoms with van der Waals surface area (Å²) >= 11 is 0. The van der Waals surface area contributed by atoms with E-state index in [0.29, 0.717) is 12.6 Å². The van der Waals surface area contributed by atoms with Crippen LogP contribution in [0, 0.1) is 0 Å². The Morgan fingerprint density at radius 2 is 1.76 bits per heavy atom. The van der Waals surface area contributed by atoms with Crippen molar-refractivity contribution in [2.45, 2.75) is 64.0 Å². The SMILES string of the molecule is COc1cc2c(NC3CCN(c4ccncc4)CC3)c3c(nc2cc1COCCN1CCCC1)CCCC3. The minimum atomic E-state index is 0.448. The molecule has 2 saturated heterocycles. The Morgan fingerprint density at radius 3 is 2.55 bits per heavy atom. The van der Waals surface area contributed by atoms with Gasteiger partial charge in [-0.3, -0.25) is 9.97 Å². The van der Waals surface area contributed by atoms with Gasteiger partial charge in [0.25, 0.3) is 0 Å². The van der Waals surface area contributed by atoms with Gasteiger partial charge in [0.2, 0.25) is 0 Å². The maximum atomic E-state index is 6.11. The number of benzene rings is 1. The molecule has 6 rings (SSSR count). The maximum Gasteiger partial charge on any atom is 0.125 e. The second-order valence-electron chi connectivity index (χ2n) is 11.0. The Bertz CT molecular complexity index is 1220. The van der Waals surface area contributed by atoms with E-state index in [2.05, 4.69) is 44.4 Å². The number of nitrogens with zero attached hydrogens (tertiary/aromatic N) is 4. The second-order valence-corrected chi connectivity index (χ2v) is 11.0. The molecule has 1 N–H and O–H groups in total. The predicted molar refractivity (Wildman–Crippen MR) is 153 cm³/mol. The number of piperidine rings is 1. The highest BCUT2D eigenvalue weighted by Crippen LogP contribution is 2.38. The van der Waals surface area contributed by atoms with E-state index in [1.807, 2.05) is 12.4 Å². The van der Waals surface area contributed by atoms with Crippen LogP contribution in [0.3, 0.4) is 0 Å². The number of nitrogens with one attached hydrogen (secondary N) is 1. The highest BCUT2D eigenvalue weighted by molar-refractivity contribution is 5.95. The summed E-state index contributed by atoms with van der Waals surface area (Å²) in [6.07, 6.45) is 13.2. The van der Waals surface area contributed by atoms with Crippen LogP contribution in [0.4, 0.5) is 11.4 Å². The van der Waals surface area contributed by atoms with Crippen LogP contribution in [0.25, 0.3) is 10.9 Å². The Hall–Kier alpha value is -2.90. The van der Waals surface area contributed by atoms with Gasteiger partial charge >= 0.3 is 0 Å². The van der Waals surface area contributed by atoms with Crippen LogP contribution in [-0.2, 0) is 24.2 Å². The molecule has 1 aliphatic carbocycles. The lowest BCUT2D eigenvalue weighted by Gasteiger charge is -2.35. The molecule has 38 heavy (non-hydrogen) atoms. The highest BCUT2D eigenvalue weighted by Gasteiger charge is 2.24. The molecular formula is C31H41N5O2. The van der Waals surface area contributed by atoms with Crippen LogP contribution in [-0.4, -0.2) is 67.4 Å². The quantitative estimate of drug-likeness (QED) is 0.393. The van der Waals surface area contributed by atoms with E-state index in [1.165, 1.54) is 66.8 Å². The number of aryl methyl sites for hydroxylation is 1. The van der Waals surface area contributed by atoms with Crippen molar-refractivity contribution < 1.29 is 9.47 Å². The van der Waals surface area contributed by atoms with Gasteiger partial charge < -0.3 is 24.6 Å². The van der Waals surface area contributed by atoms with Crippen molar-refractivity contribution in [3.8, 4) is 5.75 Å². The molecule has 2 fully saturated rings. The number of hydrogen-bond donors (Lipinski definition) is 1. The summed E-state index contributed by atoms with van der Waals surface area (Å²) < 4.78 is 12.0. The fourth-order valence-corrected chi connectivity index (χ4v) is 6.39. The van der Waals surface area contributed by atoms with E-state index < -0.39 is 0 Å². The van der Waals surface area contributed by atoms with Gasteiger partial charge in [-0.2, -0.15) is 0 Å². The molecule has 202 valence electrons. The second kappa shape index (κ2) is 11.9. The molecule has 0 unspecified atom stereocenters. The summed E-state index contributed by atoms with van der Waals surface area (Å²) in [4.78, 5) is 14.3. The number of likely N-dealkylation sites (tertiary alicyclic amines) is 1. The zero-order valence-electron chi connectivity index (χ0n) is 22.8. The lowest BCUT2D eigenvalue weighted by molar-refractivity contribution is 0.0979. The minimum Gasteiger partial charge on any atom is -0.496 e. The molecule has 3 aromatic rings. The summed E-state index contributed by atoms with van der Waals surface area (Å²) in [6, 6.07) is 9.08. The third-order valence-corrected chi connectivity index (χ3v) is 8.54. The predicted octanol–water partition coefficient (Wildman–Crippen LogP) is 5.21. The normalized spacial score (nSPS) is 18.6. The van der Waals surface area contributed by atoms with Gasteiger partial charge in [0, 0.05) is 66.1 Å². The number of aromatic nitrogens is 2. The average molecular weight is 516 g/mol. The van der Waals surface area contributed by atoms with Crippen molar-refractivity contribution >= 4 is 22.3 Å². The maximum absolute atomic E-state index is 6.11. The van der Waals surface area contributed by atoms with Gasteiger partial charge in [-0.1, -0.05) is 0 Å². The molecule has 7 nitrogen and oxygen atoms in total. The van der Waals surface area contributed by atoms with E-state index in [-0.39, 0.29) is 0 Å². The third-order valence-electron chi connectivity index (χ3n) is 8.54. The molecule has 2 aliphatic heterocycles. The third kappa shape index (κ3) is 5.59. The molecule has 0 bridgehead atoms. The number of anilines is 2. The van der Waals surface area contributed by atoms with Gasteiger partial charge in [0.1, 0.15) is 5.75 Å². The summed E-state index contributed by atoms with van der Waals surface area (Å²) in [7, 11) is 1.77. The first kappa shape index (κ1) is 25.4. The van der Waals surface area contributed by atoms with Crippen LogP contribution < -0.4 is 15.0 Å². The van der Waals surface area contributed by atoms with Crippen LogP contribution in [0.5, 0.6) is 5.75 Å². The van der Waals surface area contributed by atoms with Crippen LogP contribution >= 0.6 is 0 Å². The van der Waals surface area contributed by atoms with Crippen molar-refractivity contribution in [1.29, 1.82) is 0 Å². The fourth-order valence-electron chi connectivity index (χ4n) is 6.39. The largest absolute Gasteiger partial charge is 0.496 e. The van der Waals surface area contributed by atoms with E-state index in [1.54, 1.807) is 7.11 Å². The molecule has 2 aromatic heterocycles. The van der Waals surface area contributed by atoms with E-state index >= 15 is 0 Å². The van der Waals surface area contributed by atoms with Gasteiger partial charge in [-0.25, -0.2) is 0 Å². The molecule has 0 amide bonds. The molecule has 0 spiro atoms. The monoisotopic (exact) mass is 515 g/mol. The van der Waals surface area contributed by atoms with Gasteiger partial charge in [-0.05, 0) is 94.3 Å². The van der Waals surface area contributed by atoms with Gasteiger partial charge in [-0.15, -0.1) is 0 Å². The molecule has 4 heterocycles. The molecular weight excluding hydrogens is 474 g/mol. The van der Waals surface area contributed by atoms with Crippen LogP contribution in [0.2, 0.25) is 0 Å². The number of fused-ring (bicyclic) bond motifs is 2. The van der Waals surface area contributed by atoms with E-state index in [0.717, 1.165) is 68.8 Å². The number of pyridine rings is 2. The molecule has 1 aromatic carbocycles. The fraction of sp³-hybridized carbons (Fsp3) is 0.548. The van der Waals surface area contributed by atoms with Crippen molar-refractivity contribution in [1.82, 2.24) is 14.9 Å². The Labute approximate surface area is 226 Å². The topological polar surface area (TPSA) is 62.8 Å². The molecule has 0 radical (unpaired) electrons. The zero-order valence-corrected chi connectivity index (χ0v) is 22.8. The lowest BCUT2D eigenvalue weighted by Crippen LogP contribution is -2.39. The van der Waals surface area contributed by atoms with Crippen molar-refractivity contribution in [2.24, 2.45) is 0 Å². The van der Waals surface area contributed by atoms with Crippen molar-refractivity contribution in [3.05, 3.63) is 53.5 Å². The summed E-state index contributed by atoms with van der Waals surface area (Å²) in [6.45, 7) is 6.83. The van der Waals surface area contributed by atoms with E-state index in [9.17, 15) is 0 Å². The standard InChI is InChI=1S/C31H41N5O2/c1-37-30-21-27-29(20-23(30)22-38-19-18-35-14-4-5-15-35)34-28-7-3-2-6-26(28)31(27)33-24-10-16-36(17-11-24)25-8-12-32-13-9-25/h8-9,12-13,20-21,24H,2-7,10-11,14-19,22H2,1H3,(H,33,34).